The second kappa shape index (κ2) is 8.08. The van der Waals surface area contributed by atoms with Crippen LogP contribution in [0.25, 0.3) is 0 Å². The maximum atomic E-state index is 12.9. The van der Waals surface area contributed by atoms with Gasteiger partial charge in [-0.2, -0.15) is 0 Å². The van der Waals surface area contributed by atoms with Crippen molar-refractivity contribution >= 4 is 5.97 Å². The van der Waals surface area contributed by atoms with Gasteiger partial charge in [-0.05, 0) is 123 Å². The Morgan fingerprint density at radius 1 is 0.971 bits per heavy atom. The van der Waals surface area contributed by atoms with E-state index in [0.29, 0.717) is 23.9 Å². The fourth-order valence-corrected chi connectivity index (χ4v) is 11.3. The van der Waals surface area contributed by atoms with Crippen LogP contribution in [0.3, 0.4) is 0 Å². The number of carboxylic acids is 1. The van der Waals surface area contributed by atoms with Crippen LogP contribution < -0.4 is 0 Å². The van der Waals surface area contributed by atoms with Gasteiger partial charge in [-0.25, -0.2) is 0 Å². The Kier molecular flexibility index (Phi) is 5.96. The molecule has 0 heterocycles. The summed E-state index contributed by atoms with van der Waals surface area (Å²) in [6.07, 6.45) is 13.2. The van der Waals surface area contributed by atoms with Crippen LogP contribution >= 0.6 is 0 Å². The first-order chi connectivity index (χ1) is 16.3. The van der Waals surface area contributed by atoms with Gasteiger partial charge in [-0.1, -0.05) is 53.2 Å². The molecule has 3 nitrogen and oxygen atoms in total. The second-order valence-electron chi connectivity index (χ2n) is 14.9. The fourth-order valence-electron chi connectivity index (χ4n) is 11.3. The Labute approximate surface area is 214 Å². The molecule has 0 spiro atoms. The lowest BCUT2D eigenvalue weighted by molar-refractivity contribution is -0.223. The van der Waals surface area contributed by atoms with Gasteiger partial charge in [0.25, 0.3) is 0 Å². The Bertz CT molecular complexity index is 908. The minimum atomic E-state index is -0.798. The van der Waals surface area contributed by atoms with Crippen LogP contribution in [-0.4, -0.2) is 23.8 Å². The van der Waals surface area contributed by atoms with E-state index in [1.165, 1.54) is 25.7 Å². The Morgan fingerprint density at radius 2 is 1.69 bits per heavy atom. The molecule has 0 aliphatic heterocycles. The average molecular weight is 485 g/mol. The molecule has 4 saturated carbocycles. The van der Waals surface area contributed by atoms with Crippen molar-refractivity contribution in [1.29, 1.82) is 0 Å². The van der Waals surface area contributed by atoms with Crippen LogP contribution in [0.1, 0.15) is 113 Å². The lowest BCUT2D eigenvalue weighted by Crippen LogP contribution is -2.66. The Hall–Kier alpha value is -0.830. The number of carboxylic acid groups (broad SMARTS) is 1. The van der Waals surface area contributed by atoms with Gasteiger partial charge >= 0.3 is 5.97 Å². The summed E-state index contributed by atoms with van der Waals surface area (Å²) in [6, 6.07) is 0. The predicted octanol–water partition coefficient (Wildman–Crippen LogP) is 8.13. The highest BCUT2D eigenvalue weighted by atomic mass is 16.5. The topological polar surface area (TPSA) is 46.5 Å². The van der Waals surface area contributed by atoms with Gasteiger partial charge < -0.3 is 9.84 Å². The quantitative estimate of drug-likeness (QED) is 0.411. The van der Waals surface area contributed by atoms with Gasteiger partial charge in [0.1, 0.15) is 0 Å². The van der Waals surface area contributed by atoms with Crippen molar-refractivity contribution in [2.45, 2.75) is 119 Å². The normalized spacial score (nSPS) is 55.6. The second-order valence-corrected chi connectivity index (χ2v) is 14.9. The third kappa shape index (κ3) is 3.15. The summed E-state index contributed by atoms with van der Waals surface area (Å²) in [5.41, 5.74) is 1.98. The highest BCUT2D eigenvalue weighted by Gasteiger charge is 2.70. The van der Waals surface area contributed by atoms with Crippen molar-refractivity contribution in [1.82, 2.24) is 0 Å². The van der Waals surface area contributed by atoms with E-state index in [1.54, 1.807) is 5.57 Å². The third-order valence-electron chi connectivity index (χ3n) is 13.8. The van der Waals surface area contributed by atoms with E-state index in [2.05, 4.69) is 47.6 Å². The van der Waals surface area contributed by atoms with E-state index in [4.69, 9.17) is 4.74 Å². The van der Waals surface area contributed by atoms with E-state index in [1.807, 2.05) is 13.8 Å². The van der Waals surface area contributed by atoms with Crippen LogP contribution in [0.2, 0.25) is 0 Å². The number of hydrogen-bond donors (Lipinski definition) is 1. The monoisotopic (exact) mass is 484 g/mol. The van der Waals surface area contributed by atoms with Crippen molar-refractivity contribution in [3.63, 3.8) is 0 Å². The van der Waals surface area contributed by atoms with E-state index in [9.17, 15) is 9.90 Å². The minimum Gasteiger partial charge on any atom is -0.481 e. The molecule has 5 rings (SSSR count). The molecule has 11 atom stereocenters. The van der Waals surface area contributed by atoms with Gasteiger partial charge in [-0.3, -0.25) is 4.79 Å². The summed E-state index contributed by atoms with van der Waals surface area (Å²) in [5.74, 6) is 2.35. The van der Waals surface area contributed by atoms with Crippen LogP contribution in [0.5, 0.6) is 0 Å². The Morgan fingerprint density at radius 3 is 2.34 bits per heavy atom. The number of allylic oxidation sites excluding steroid dienone is 2. The predicted molar refractivity (Wildman–Crippen MR) is 142 cm³/mol. The summed E-state index contributed by atoms with van der Waals surface area (Å²) >= 11 is 0. The van der Waals surface area contributed by atoms with E-state index in [0.717, 1.165) is 43.9 Å². The first kappa shape index (κ1) is 25.8. The van der Waals surface area contributed by atoms with Gasteiger partial charge in [0.15, 0.2) is 0 Å². The lowest BCUT2D eigenvalue weighted by atomic mass is 9.33. The molecule has 0 bridgehead atoms. The van der Waals surface area contributed by atoms with E-state index < -0.39 is 11.4 Å². The lowest BCUT2D eigenvalue weighted by Gasteiger charge is -2.71. The van der Waals surface area contributed by atoms with E-state index in [-0.39, 0.29) is 28.3 Å². The maximum Gasteiger partial charge on any atom is 0.312 e. The molecule has 0 saturated heterocycles. The molecule has 4 fully saturated rings. The SMILES string of the molecule is CCO[C@@H]1CC[C@@]2(C)[C@@H](CC[C@]3(C)[C@@H]2CC=C2[C@@H]4[C@@H](C)[C@H](C)CC[C@]4(C)CC[C@]23C)[C@@]1(C)C(=O)O. The molecule has 0 aromatic carbocycles. The molecule has 0 aromatic heterocycles. The highest BCUT2D eigenvalue weighted by Crippen LogP contribution is 2.75. The average Bonchev–Trinajstić information content (AvgIpc) is 2.79. The zero-order valence-corrected chi connectivity index (χ0v) is 23.9. The molecule has 0 radical (unpaired) electrons. The number of rotatable bonds is 3. The molecule has 0 amide bonds. The number of fused-ring (bicyclic) bond motifs is 7. The fraction of sp³-hybridized carbons (Fsp3) is 0.906. The van der Waals surface area contributed by atoms with Crippen LogP contribution in [-0.2, 0) is 9.53 Å². The molecule has 5 aliphatic carbocycles. The number of carbonyl (C=O) groups is 1. The zero-order valence-electron chi connectivity index (χ0n) is 23.9. The number of hydrogen-bond acceptors (Lipinski definition) is 2. The standard InChI is InChI=1S/C32H52O3/c1-9-35-25-14-16-29(5)23-11-10-22-26-21(3)20(2)12-15-28(26,4)18-19-30(22,6)31(23,7)17-13-24(29)32(25,8)27(33)34/h10,20-21,23-26H,9,11-19H2,1-8H3,(H,33,34)/t20-,21+,23-,24-,25-,26+,28-,29-,30-,31-,32-/m1/s1. The summed E-state index contributed by atoms with van der Waals surface area (Å²) in [7, 11) is 0. The molecule has 0 aromatic rings. The summed E-state index contributed by atoms with van der Waals surface area (Å²) < 4.78 is 6.12. The molecule has 3 heteroatoms. The summed E-state index contributed by atoms with van der Waals surface area (Å²) in [4.78, 5) is 12.9. The molecule has 35 heavy (non-hydrogen) atoms. The highest BCUT2D eigenvalue weighted by molar-refractivity contribution is 5.76. The van der Waals surface area contributed by atoms with Crippen molar-refractivity contribution < 1.29 is 14.6 Å². The zero-order chi connectivity index (χ0) is 25.6. The van der Waals surface area contributed by atoms with E-state index >= 15 is 0 Å². The first-order valence-electron chi connectivity index (χ1n) is 14.8. The molecular weight excluding hydrogens is 432 g/mol. The van der Waals surface area contributed by atoms with Gasteiger partial charge in [0.2, 0.25) is 0 Å². The van der Waals surface area contributed by atoms with Crippen molar-refractivity contribution in [3.8, 4) is 0 Å². The summed E-state index contributed by atoms with van der Waals surface area (Å²) in [6.45, 7) is 20.0. The summed E-state index contributed by atoms with van der Waals surface area (Å²) in [5, 5.41) is 10.6. The molecule has 198 valence electrons. The third-order valence-corrected chi connectivity index (χ3v) is 13.8. The Balaban J connectivity index is 1.57. The van der Waals surface area contributed by atoms with Crippen LogP contribution in [0.4, 0.5) is 0 Å². The minimum absolute atomic E-state index is 0.0466. The number of ether oxygens (including phenoxy) is 1. The number of aliphatic carboxylic acids is 1. The van der Waals surface area contributed by atoms with Gasteiger partial charge in [0.05, 0.1) is 11.5 Å². The molecule has 1 N–H and O–H groups in total. The smallest absolute Gasteiger partial charge is 0.312 e. The van der Waals surface area contributed by atoms with Crippen LogP contribution in [0, 0.1) is 56.7 Å². The molecule has 0 unspecified atom stereocenters. The van der Waals surface area contributed by atoms with Gasteiger partial charge in [0, 0.05) is 6.61 Å². The van der Waals surface area contributed by atoms with Gasteiger partial charge in [-0.15, -0.1) is 0 Å². The molecular formula is C32H52O3. The van der Waals surface area contributed by atoms with Crippen LogP contribution in [0.15, 0.2) is 11.6 Å². The van der Waals surface area contributed by atoms with Crippen molar-refractivity contribution in [3.05, 3.63) is 11.6 Å². The maximum absolute atomic E-state index is 12.9. The first-order valence-corrected chi connectivity index (χ1v) is 14.8. The largest absolute Gasteiger partial charge is 0.481 e. The van der Waals surface area contributed by atoms with Crippen molar-refractivity contribution in [2.24, 2.45) is 56.7 Å². The molecule has 5 aliphatic rings. The van der Waals surface area contributed by atoms with Crippen molar-refractivity contribution in [2.75, 3.05) is 6.61 Å².